The molecule has 0 bridgehead atoms. The molecule has 0 saturated carbocycles. The Bertz CT molecular complexity index is 718. The number of hydrogen-bond acceptors (Lipinski definition) is 4. The van der Waals surface area contributed by atoms with Crippen molar-refractivity contribution in [1.29, 1.82) is 0 Å². The molecule has 1 unspecified atom stereocenters. The Balaban J connectivity index is 0.00000225. The van der Waals surface area contributed by atoms with Crippen LogP contribution in [0.3, 0.4) is 0 Å². The van der Waals surface area contributed by atoms with Crippen molar-refractivity contribution in [2.24, 2.45) is 5.92 Å². The summed E-state index contributed by atoms with van der Waals surface area (Å²) < 4.78 is 5.07. The highest BCUT2D eigenvalue weighted by Crippen LogP contribution is 2.20. The van der Waals surface area contributed by atoms with Crippen LogP contribution in [0.1, 0.15) is 27.3 Å². The SMILES string of the molecule is CNCC1CCN(C(=O)c2cccc(NC(=O)c3ccco3)c2)C1.Cl. The van der Waals surface area contributed by atoms with Gasteiger partial charge < -0.3 is 20.0 Å². The maximum atomic E-state index is 12.6. The van der Waals surface area contributed by atoms with Gasteiger partial charge in [0, 0.05) is 24.3 Å². The summed E-state index contributed by atoms with van der Waals surface area (Å²) in [4.78, 5) is 26.5. The molecule has 3 rings (SSSR count). The van der Waals surface area contributed by atoms with E-state index in [4.69, 9.17) is 4.42 Å². The van der Waals surface area contributed by atoms with Crippen LogP contribution in [0.25, 0.3) is 0 Å². The normalized spacial score (nSPS) is 16.4. The van der Waals surface area contributed by atoms with Gasteiger partial charge in [0.2, 0.25) is 0 Å². The van der Waals surface area contributed by atoms with Gasteiger partial charge >= 0.3 is 0 Å². The summed E-state index contributed by atoms with van der Waals surface area (Å²) in [7, 11) is 1.93. The molecule has 1 aliphatic rings. The second-order valence-electron chi connectivity index (χ2n) is 5.98. The molecule has 0 spiro atoms. The first-order valence-corrected chi connectivity index (χ1v) is 8.06. The van der Waals surface area contributed by atoms with Gasteiger partial charge in [-0.15, -0.1) is 12.4 Å². The number of rotatable bonds is 5. The van der Waals surface area contributed by atoms with Crippen LogP contribution >= 0.6 is 12.4 Å². The molecule has 1 aliphatic heterocycles. The zero-order chi connectivity index (χ0) is 16.9. The van der Waals surface area contributed by atoms with Crippen molar-refractivity contribution in [3.05, 3.63) is 54.0 Å². The zero-order valence-corrected chi connectivity index (χ0v) is 14.8. The Morgan fingerprint density at radius 1 is 1.28 bits per heavy atom. The summed E-state index contributed by atoms with van der Waals surface area (Å²) in [5.74, 6) is 0.407. The van der Waals surface area contributed by atoms with Crippen molar-refractivity contribution in [3.8, 4) is 0 Å². The largest absolute Gasteiger partial charge is 0.459 e. The molecule has 2 heterocycles. The lowest BCUT2D eigenvalue weighted by atomic mass is 10.1. The number of hydrogen-bond donors (Lipinski definition) is 2. The average molecular weight is 364 g/mol. The first-order chi connectivity index (χ1) is 11.7. The Labute approximate surface area is 153 Å². The fourth-order valence-electron chi connectivity index (χ4n) is 2.99. The summed E-state index contributed by atoms with van der Waals surface area (Å²) in [6.45, 7) is 2.46. The van der Waals surface area contributed by atoms with Gasteiger partial charge in [0.25, 0.3) is 11.8 Å². The number of carbonyl (C=O) groups excluding carboxylic acids is 2. The van der Waals surface area contributed by atoms with Crippen LogP contribution in [0.15, 0.2) is 47.1 Å². The highest BCUT2D eigenvalue weighted by atomic mass is 35.5. The first-order valence-electron chi connectivity index (χ1n) is 8.06. The molecular formula is C18H22ClN3O3. The fourth-order valence-corrected chi connectivity index (χ4v) is 2.99. The third-order valence-electron chi connectivity index (χ3n) is 4.18. The van der Waals surface area contributed by atoms with E-state index >= 15 is 0 Å². The smallest absolute Gasteiger partial charge is 0.291 e. The van der Waals surface area contributed by atoms with E-state index in [2.05, 4.69) is 10.6 Å². The predicted molar refractivity (Wildman–Crippen MR) is 98.3 cm³/mol. The molecule has 25 heavy (non-hydrogen) atoms. The monoisotopic (exact) mass is 363 g/mol. The minimum absolute atomic E-state index is 0. The van der Waals surface area contributed by atoms with Crippen LogP contribution in [-0.4, -0.2) is 43.4 Å². The third kappa shape index (κ3) is 4.61. The van der Waals surface area contributed by atoms with Crippen LogP contribution in [0, 0.1) is 5.92 Å². The zero-order valence-electron chi connectivity index (χ0n) is 14.0. The van der Waals surface area contributed by atoms with Crippen LogP contribution in [0.2, 0.25) is 0 Å². The van der Waals surface area contributed by atoms with Gasteiger partial charge in [-0.05, 0) is 56.3 Å². The van der Waals surface area contributed by atoms with Gasteiger partial charge in [0.1, 0.15) is 0 Å². The summed E-state index contributed by atoms with van der Waals surface area (Å²) in [5.41, 5.74) is 1.16. The molecule has 1 saturated heterocycles. The van der Waals surface area contributed by atoms with Gasteiger partial charge in [-0.2, -0.15) is 0 Å². The van der Waals surface area contributed by atoms with Crippen LogP contribution in [0.5, 0.6) is 0 Å². The second-order valence-corrected chi connectivity index (χ2v) is 5.98. The lowest BCUT2D eigenvalue weighted by molar-refractivity contribution is 0.0787. The minimum atomic E-state index is -0.333. The summed E-state index contributed by atoms with van der Waals surface area (Å²) >= 11 is 0. The maximum absolute atomic E-state index is 12.6. The van der Waals surface area contributed by atoms with Crippen molar-refractivity contribution >= 4 is 29.9 Å². The Morgan fingerprint density at radius 2 is 2.12 bits per heavy atom. The van der Waals surface area contributed by atoms with E-state index in [9.17, 15) is 9.59 Å². The molecule has 0 aliphatic carbocycles. The van der Waals surface area contributed by atoms with E-state index in [1.807, 2.05) is 11.9 Å². The molecule has 2 N–H and O–H groups in total. The fraction of sp³-hybridized carbons (Fsp3) is 0.333. The van der Waals surface area contributed by atoms with Crippen LogP contribution in [0.4, 0.5) is 5.69 Å². The van der Waals surface area contributed by atoms with Crippen molar-refractivity contribution in [2.75, 3.05) is 32.0 Å². The third-order valence-corrected chi connectivity index (χ3v) is 4.18. The standard InChI is InChI=1S/C18H21N3O3.ClH/c1-19-11-13-7-8-21(12-13)18(23)14-4-2-5-15(10-14)20-17(22)16-6-3-9-24-16;/h2-6,9-10,13,19H,7-8,11-12H2,1H3,(H,20,22);1H. The Kier molecular flexibility index (Phi) is 6.61. The van der Waals surface area contributed by atoms with E-state index in [1.165, 1.54) is 6.26 Å². The molecule has 0 radical (unpaired) electrons. The molecule has 1 atom stereocenters. The van der Waals surface area contributed by atoms with Crippen molar-refractivity contribution in [1.82, 2.24) is 10.2 Å². The van der Waals surface area contributed by atoms with Gasteiger partial charge in [0.05, 0.1) is 6.26 Å². The number of furan rings is 1. The minimum Gasteiger partial charge on any atom is -0.459 e. The van der Waals surface area contributed by atoms with E-state index < -0.39 is 0 Å². The number of nitrogens with one attached hydrogen (secondary N) is 2. The van der Waals surface area contributed by atoms with Gasteiger partial charge in [-0.3, -0.25) is 9.59 Å². The molecule has 134 valence electrons. The summed E-state index contributed by atoms with van der Waals surface area (Å²) in [6, 6.07) is 10.3. The molecule has 6 nitrogen and oxygen atoms in total. The second kappa shape index (κ2) is 8.69. The van der Waals surface area contributed by atoms with Gasteiger partial charge in [-0.25, -0.2) is 0 Å². The predicted octanol–water partition coefficient (Wildman–Crippen LogP) is 2.64. The molecular weight excluding hydrogens is 342 g/mol. The number of likely N-dealkylation sites (tertiary alicyclic amines) is 1. The maximum Gasteiger partial charge on any atom is 0.291 e. The molecule has 2 amide bonds. The average Bonchev–Trinajstić information content (AvgIpc) is 3.26. The number of nitrogens with zero attached hydrogens (tertiary/aromatic N) is 1. The summed E-state index contributed by atoms with van der Waals surface area (Å²) in [5, 5.41) is 5.90. The quantitative estimate of drug-likeness (QED) is 0.856. The highest BCUT2D eigenvalue weighted by Gasteiger charge is 2.26. The summed E-state index contributed by atoms with van der Waals surface area (Å²) in [6.07, 6.45) is 2.46. The molecule has 7 heteroatoms. The number of benzene rings is 1. The topological polar surface area (TPSA) is 74.6 Å². The molecule has 1 aromatic heterocycles. The lowest BCUT2D eigenvalue weighted by Gasteiger charge is -2.17. The Hall–Kier alpha value is -2.31. The number of amides is 2. The van der Waals surface area contributed by atoms with E-state index in [-0.39, 0.29) is 30.0 Å². The number of anilines is 1. The first kappa shape index (κ1) is 19.0. The molecule has 2 aromatic rings. The van der Waals surface area contributed by atoms with Crippen molar-refractivity contribution < 1.29 is 14.0 Å². The van der Waals surface area contributed by atoms with E-state index in [1.54, 1.807) is 36.4 Å². The number of halogens is 1. The van der Waals surface area contributed by atoms with Gasteiger partial charge in [0.15, 0.2) is 5.76 Å². The van der Waals surface area contributed by atoms with Crippen LogP contribution < -0.4 is 10.6 Å². The van der Waals surface area contributed by atoms with Crippen molar-refractivity contribution in [3.63, 3.8) is 0 Å². The highest BCUT2D eigenvalue weighted by molar-refractivity contribution is 6.03. The number of carbonyl (C=O) groups is 2. The lowest BCUT2D eigenvalue weighted by Crippen LogP contribution is -2.30. The Morgan fingerprint density at radius 3 is 2.84 bits per heavy atom. The van der Waals surface area contributed by atoms with Crippen molar-refractivity contribution in [2.45, 2.75) is 6.42 Å². The molecule has 1 fully saturated rings. The van der Waals surface area contributed by atoms with E-state index in [0.29, 0.717) is 17.2 Å². The van der Waals surface area contributed by atoms with E-state index in [0.717, 1.165) is 26.1 Å². The van der Waals surface area contributed by atoms with Gasteiger partial charge in [-0.1, -0.05) is 6.07 Å². The molecule has 1 aromatic carbocycles. The van der Waals surface area contributed by atoms with Crippen LogP contribution in [-0.2, 0) is 0 Å².